The highest BCUT2D eigenvalue weighted by Gasteiger charge is 2.29. The number of aryl methyl sites for hydroxylation is 1. The maximum absolute atomic E-state index is 6.13. The smallest absolute Gasteiger partial charge is 0.126 e. The Bertz CT molecular complexity index is 398. The molecule has 3 heterocycles. The molecule has 0 bridgehead atoms. The van der Waals surface area contributed by atoms with E-state index in [0.29, 0.717) is 6.04 Å². The molecule has 4 heteroatoms. The second-order valence-electron chi connectivity index (χ2n) is 5.25. The maximum Gasteiger partial charge on any atom is 0.126 e. The Morgan fingerprint density at radius 3 is 2.94 bits per heavy atom. The molecule has 94 valence electrons. The normalized spacial score (nSPS) is 29.5. The van der Waals surface area contributed by atoms with Gasteiger partial charge < -0.3 is 10.3 Å². The van der Waals surface area contributed by atoms with Gasteiger partial charge in [0.15, 0.2) is 0 Å². The third-order valence-electron chi connectivity index (χ3n) is 4.18. The first-order chi connectivity index (χ1) is 8.29. The molecule has 4 nitrogen and oxygen atoms in total. The Morgan fingerprint density at radius 1 is 1.35 bits per heavy atom. The number of likely N-dealkylation sites (tertiary alicyclic amines) is 1. The van der Waals surface area contributed by atoms with E-state index >= 15 is 0 Å². The van der Waals surface area contributed by atoms with Crippen molar-refractivity contribution in [2.45, 2.75) is 51.2 Å². The van der Waals surface area contributed by atoms with Gasteiger partial charge in [-0.1, -0.05) is 6.92 Å². The van der Waals surface area contributed by atoms with Crippen LogP contribution in [-0.4, -0.2) is 27.5 Å². The van der Waals surface area contributed by atoms with Crippen molar-refractivity contribution >= 4 is 0 Å². The fourth-order valence-corrected chi connectivity index (χ4v) is 3.24. The van der Waals surface area contributed by atoms with Crippen LogP contribution in [-0.2, 0) is 6.54 Å². The zero-order chi connectivity index (χ0) is 11.8. The van der Waals surface area contributed by atoms with E-state index in [0.717, 1.165) is 25.3 Å². The highest BCUT2D eigenvalue weighted by Crippen LogP contribution is 2.33. The summed E-state index contributed by atoms with van der Waals surface area (Å²) in [4.78, 5) is 7.34. The summed E-state index contributed by atoms with van der Waals surface area (Å²) in [6, 6.07) is 0.680. The first-order valence-corrected chi connectivity index (χ1v) is 6.86. The first-order valence-electron chi connectivity index (χ1n) is 6.86. The minimum Gasteiger partial charge on any atom is -0.333 e. The van der Waals surface area contributed by atoms with Crippen LogP contribution in [0.15, 0.2) is 6.20 Å². The number of hydrogen-bond acceptors (Lipinski definition) is 3. The maximum atomic E-state index is 6.13. The summed E-state index contributed by atoms with van der Waals surface area (Å²) in [5.41, 5.74) is 7.38. The van der Waals surface area contributed by atoms with Crippen LogP contribution in [0.4, 0.5) is 0 Å². The highest BCUT2D eigenvalue weighted by molar-refractivity contribution is 5.14. The number of aromatic nitrogens is 2. The molecule has 0 saturated carbocycles. The molecule has 2 N–H and O–H groups in total. The number of nitrogens with two attached hydrogens (primary N) is 1. The van der Waals surface area contributed by atoms with Gasteiger partial charge in [0.2, 0.25) is 0 Å². The van der Waals surface area contributed by atoms with Crippen molar-refractivity contribution in [3.05, 3.63) is 17.7 Å². The van der Waals surface area contributed by atoms with Crippen LogP contribution in [0.25, 0.3) is 0 Å². The van der Waals surface area contributed by atoms with Crippen LogP contribution < -0.4 is 5.73 Å². The van der Waals surface area contributed by atoms with E-state index in [1.165, 1.54) is 31.5 Å². The standard InChI is InChI=1S/C13H22N4/c1-2-16-7-4-6-12(16)11-9-17-8-3-5-10(14)13(17)15-11/h9-10,12H,2-8,14H2,1H3. The summed E-state index contributed by atoms with van der Waals surface area (Å²) in [6.45, 7) is 5.67. The molecular formula is C13H22N4. The molecule has 0 amide bonds. The van der Waals surface area contributed by atoms with E-state index in [4.69, 9.17) is 10.7 Å². The summed E-state index contributed by atoms with van der Waals surface area (Å²) < 4.78 is 2.27. The fourth-order valence-electron chi connectivity index (χ4n) is 3.24. The van der Waals surface area contributed by atoms with Crippen molar-refractivity contribution in [3.8, 4) is 0 Å². The van der Waals surface area contributed by atoms with E-state index in [2.05, 4.69) is 22.6 Å². The number of nitrogens with zero attached hydrogens (tertiary/aromatic N) is 3. The SMILES string of the molecule is CCN1CCCC1c1cn2c(n1)C(N)CCC2. The third-order valence-corrected chi connectivity index (χ3v) is 4.18. The molecule has 1 aromatic rings. The summed E-state index contributed by atoms with van der Waals surface area (Å²) in [6.07, 6.45) is 7.06. The summed E-state index contributed by atoms with van der Waals surface area (Å²) in [5.74, 6) is 1.11. The van der Waals surface area contributed by atoms with Crippen molar-refractivity contribution in [2.75, 3.05) is 13.1 Å². The molecule has 1 fully saturated rings. The molecule has 2 unspecified atom stereocenters. The van der Waals surface area contributed by atoms with Crippen LogP contribution in [0.3, 0.4) is 0 Å². The molecule has 0 spiro atoms. The Labute approximate surface area is 103 Å². The molecule has 2 atom stereocenters. The predicted octanol–water partition coefficient (Wildman–Crippen LogP) is 1.83. The molecule has 0 aromatic carbocycles. The topological polar surface area (TPSA) is 47.1 Å². The van der Waals surface area contributed by atoms with Gasteiger partial charge >= 0.3 is 0 Å². The van der Waals surface area contributed by atoms with Crippen LogP contribution in [0.1, 0.15) is 56.2 Å². The van der Waals surface area contributed by atoms with Gasteiger partial charge in [-0.3, -0.25) is 4.90 Å². The van der Waals surface area contributed by atoms with Gasteiger partial charge in [-0.05, 0) is 38.8 Å². The Hall–Kier alpha value is -0.870. The lowest BCUT2D eigenvalue weighted by molar-refractivity contribution is 0.267. The van der Waals surface area contributed by atoms with Crippen LogP contribution >= 0.6 is 0 Å². The highest BCUT2D eigenvalue weighted by atomic mass is 15.2. The average molecular weight is 234 g/mol. The first kappa shape index (κ1) is 11.2. The summed E-state index contributed by atoms with van der Waals surface area (Å²) >= 11 is 0. The third kappa shape index (κ3) is 1.89. The Kier molecular flexibility index (Phi) is 2.92. The van der Waals surface area contributed by atoms with Crippen LogP contribution in [0.2, 0.25) is 0 Å². The zero-order valence-electron chi connectivity index (χ0n) is 10.6. The van der Waals surface area contributed by atoms with E-state index in [9.17, 15) is 0 Å². The van der Waals surface area contributed by atoms with Gasteiger partial charge in [-0.25, -0.2) is 4.98 Å². The molecule has 1 aromatic heterocycles. The largest absolute Gasteiger partial charge is 0.333 e. The van der Waals surface area contributed by atoms with Crippen molar-refractivity contribution in [3.63, 3.8) is 0 Å². The van der Waals surface area contributed by atoms with Crippen molar-refractivity contribution in [2.24, 2.45) is 5.73 Å². The number of rotatable bonds is 2. The number of hydrogen-bond donors (Lipinski definition) is 1. The van der Waals surface area contributed by atoms with Gasteiger partial charge in [0.1, 0.15) is 5.82 Å². The number of fused-ring (bicyclic) bond motifs is 1. The van der Waals surface area contributed by atoms with Gasteiger partial charge in [0.05, 0.1) is 17.8 Å². The summed E-state index contributed by atoms with van der Waals surface area (Å²) in [5, 5.41) is 0. The lowest BCUT2D eigenvalue weighted by atomic mass is 10.1. The lowest BCUT2D eigenvalue weighted by Crippen LogP contribution is -2.23. The second-order valence-corrected chi connectivity index (χ2v) is 5.25. The van der Waals surface area contributed by atoms with Gasteiger partial charge in [-0.15, -0.1) is 0 Å². The minimum atomic E-state index is 0.147. The van der Waals surface area contributed by atoms with Crippen LogP contribution in [0, 0.1) is 0 Å². The van der Waals surface area contributed by atoms with Crippen LogP contribution in [0.5, 0.6) is 0 Å². The van der Waals surface area contributed by atoms with Gasteiger partial charge in [0, 0.05) is 12.7 Å². The van der Waals surface area contributed by atoms with E-state index < -0.39 is 0 Å². The molecule has 1 saturated heterocycles. The van der Waals surface area contributed by atoms with Gasteiger partial charge in [-0.2, -0.15) is 0 Å². The van der Waals surface area contributed by atoms with Crippen molar-refractivity contribution in [1.29, 1.82) is 0 Å². The molecule has 0 aliphatic carbocycles. The quantitative estimate of drug-likeness (QED) is 0.849. The summed E-state index contributed by atoms with van der Waals surface area (Å²) in [7, 11) is 0. The molecule has 3 rings (SSSR count). The second kappa shape index (κ2) is 4.42. The number of imidazole rings is 1. The van der Waals surface area contributed by atoms with Gasteiger partial charge in [0.25, 0.3) is 0 Å². The zero-order valence-corrected chi connectivity index (χ0v) is 10.6. The molecule has 2 aliphatic heterocycles. The fraction of sp³-hybridized carbons (Fsp3) is 0.769. The average Bonchev–Trinajstić information content (AvgIpc) is 2.94. The predicted molar refractivity (Wildman–Crippen MR) is 67.6 cm³/mol. The minimum absolute atomic E-state index is 0.147. The van der Waals surface area contributed by atoms with E-state index in [1.807, 2.05) is 0 Å². The van der Waals surface area contributed by atoms with Crippen molar-refractivity contribution < 1.29 is 0 Å². The Morgan fingerprint density at radius 2 is 2.18 bits per heavy atom. The Balaban J connectivity index is 1.89. The molecule has 17 heavy (non-hydrogen) atoms. The monoisotopic (exact) mass is 234 g/mol. The van der Waals surface area contributed by atoms with E-state index in [-0.39, 0.29) is 6.04 Å². The molecular weight excluding hydrogens is 212 g/mol. The van der Waals surface area contributed by atoms with E-state index in [1.54, 1.807) is 0 Å². The molecule has 2 aliphatic rings. The van der Waals surface area contributed by atoms with Crippen molar-refractivity contribution in [1.82, 2.24) is 14.5 Å². The lowest BCUT2D eigenvalue weighted by Gasteiger charge is -2.20. The molecule has 0 radical (unpaired) electrons.